The van der Waals surface area contributed by atoms with E-state index in [2.05, 4.69) is 19.9 Å². The smallest absolute Gasteiger partial charge is 0.491 e. The molecule has 2 heterocycles. The number of benzene rings is 1. The third-order valence-corrected chi connectivity index (χ3v) is 3.49. The van der Waals surface area contributed by atoms with E-state index in [1.54, 1.807) is 18.2 Å². The van der Waals surface area contributed by atoms with Gasteiger partial charge in [0.2, 0.25) is 5.88 Å². The van der Waals surface area contributed by atoms with E-state index in [0.717, 1.165) is 6.20 Å². The first kappa shape index (κ1) is 19.1. The minimum absolute atomic E-state index is 0.0338. The van der Waals surface area contributed by atoms with Gasteiger partial charge in [-0.05, 0) is 24.3 Å². The predicted molar refractivity (Wildman–Crippen MR) is 87.8 cm³/mol. The van der Waals surface area contributed by atoms with E-state index in [1.807, 2.05) is 0 Å². The molecule has 146 valence electrons. The van der Waals surface area contributed by atoms with Gasteiger partial charge in [0.15, 0.2) is 0 Å². The van der Waals surface area contributed by atoms with Crippen LogP contribution in [0.4, 0.5) is 13.2 Å². The van der Waals surface area contributed by atoms with Crippen LogP contribution in [-0.2, 0) is 4.79 Å². The molecule has 0 bridgehead atoms. The lowest BCUT2D eigenvalue weighted by molar-refractivity contribution is -0.189. The SMILES string of the molecule is COc1ccc(-c2nnc(-c3cccnc3OC(=O)C(F)(F)F)o2)c(OC)c1. The molecule has 1 aromatic carbocycles. The summed E-state index contributed by atoms with van der Waals surface area (Å²) < 4.78 is 57.6. The number of methoxy groups -OCH3 is 2. The Morgan fingerprint density at radius 2 is 1.75 bits per heavy atom. The molecule has 0 aliphatic rings. The lowest BCUT2D eigenvalue weighted by atomic mass is 10.2. The highest BCUT2D eigenvalue weighted by Crippen LogP contribution is 2.35. The number of nitrogens with zero attached hydrogens (tertiary/aromatic N) is 3. The van der Waals surface area contributed by atoms with Crippen LogP contribution >= 0.6 is 0 Å². The van der Waals surface area contributed by atoms with Gasteiger partial charge in [-0.3, -0.25) is 0 Å². The molecule has 0 spiro atoms. The Morgan fingerprint density at radius 1 is 1.04 bits per heavy atom. The average Bonchev–Trinajstić information content (AvgIpc) is 3.16. The molecule has 2 aromatic heterocycles. The topological polar surface area (TPSA) is 96.6 Å². The number of carbonyl (C=O) groups is 1. The Bertz CT molecular complexity index is 1000. The van der Waals surface area contributed by atoms with Gasteiger partial charge in [-0.2, -0.15) is 13.2 Å². The van der Waals surface area contributed by atoms with Crippen LogP contribution in [0.3, 0.4) is 0 Å². The lowest BCUT2D eigenvalue weighted by Crippen LogP contribution is -2.28. The zero-order chi connectivity index (χ0) is 20.3. The normalized spacial score (nSPS) is 11.2. The molecule has 0 aliphatic heterocycles. The molecule has 3 aromatic rings. The van der Waals surface area contributed by atoms with Crippen molar-refractivity contribution in [3.63, 3.8) is 0 Å². The molecule has 0 atom stereocenters. The Kier molecular flexibility index (Phi) is 5.16. The first-order valence-corrected chi connectivity index (χ1v) is 7.63. The third-order valence-electron chi connectivity index (χ3n) is 3.49. The molecule has 3 rings (SSSR count). The van der Waals surface area contributed by atoms with Crippen LogP contribution in [-0.4, -0.2) is 41.5 Å². The molecule has 28 heavy (non-hydrogen) atoms. The van der Waals surface area contributed by atoms with E-state index >= 15 is 0 Å². The fraction of sp³-hybridized carbons (Fsp3) is 0.176. The van der Waals surface area contributed by atoms with Gasteiger partial charge in [-0.25, -0.2) is 9.78 Å². The standard InChI is InChI=1S/C17H12F3N3O5/c1-25-9-5-6-10(12(8-9)26-2)14-22-23-15(27-14)11-4-3-7-21-13(11)28-16(24)17(18,19)20/h3-8H,1-2H3. The van der Waals surface area contributed by atoms with E-state index in [1.165, 1.54) is 26.4 Å². The van der Waals surface area contributed by atoms with Gasteiger partial charge in [-0.1, -0.05) is 0 Å². The lowest BCUT2D eigenvalue weighted by Gasteiger charge is -2.08. The molecular formula is C17H12F3N3O5. The number of carbonyl (C=O) groups excluding carboxylic acids is 1. The van der Waals surface area contributed by atoms with Crippen molar-refractivity contribution in [1.82, 2.24) is 15.2 Å². The van der Waals surface area contributed by atoms with Crippen molar-refractivity contribution >= 4 is 5.97 Å². The Balaban J connectivity index is 1.97. The van der Waals surface area contributed by atoms with E-state index in [9.17, 15) is 18.0 Å². The summed E-state index contributed by atoms with van der Waals surface area (Å²) in [7, 11) is 2.93. The second-order valence-electron chi connectivity index (χ2n) is 5.22. The number of alkyl halides is 3. The first-order valence-electron chi connectivity index (χ1n) is 7.63. The van der Waals surface area contributed by atoms with Crippen molar-refractivity contribution in [3.05, 3.63) is 36.5 Å². The monoisotopic (exact) mass is 395 g/mol. The molecule has 0 amide bonds. The largest absolute Gasteiger partial charge is 0.497 e. The van der Waals surface area contributed by atoms with Gasteiger partial charge < -0.3 is 18.6 Å². The maximum Gasteiger partial charge on any atom is 0.491 e. The van der Waals surface area contributed by atoms with Gasteiger partial charge in [0.25, 0.3) is 11.8 Å². The molecule has 0 fully saturated rings. The second-order valence-corrected chi connectivity index (χ2v) is 5.22. The maximum absolute atomic E-state index is 12.5. The molecule has 11 heteroatoms. The van der Waals surface area contributed by atoms with Crippen LogP contribution in [0.1, 0.15) is 0 Å². The molecular weight excluding hydrogens is 383 g/mol. The van der Waals surface area contributed by atoms with E-state index in [4.69, 9.17) is 13.9 Å². The summed E-state index contributed by atoms with van der Waals surface area (Å²) in [6.45, 7) is 0. The van der Waals surface area contributed by atoms with E-state index in [0.29, 0.717) is 17.1 Å². The Morgan fingerprint density at radius 3 is 2.39 bits per heavy atom. The quantitative estimate of drug-likeness (QED) is 0.607. The number of aromatic nitrogens is 3. The summed E-state index contributed by atoms with van der Waals surface area (Å²) in [5, 5.41) is 7.66. The highest BCUT2D eigenvalue weighted by atomic mass is 19.4. The number of rotatable bonds is 5. The first-order chi connectivity index (χ1) is 13.3. The number of pyridine rings is 1. The van der Waals surface area contributed by atoms with E-state index in [-0.39, 0.29) is 17.3 Å². The number of ether oxygens (including phenoxy) is 3. The number of halogens is 3. The summed E-state index contributed by atoms with van der Waals surface area (Å²) in [5.74, 6) is -2.26. The minimum atomic E-state index is -5.18. The molecule has 0 N–H and O–H groups in total. The van der Waals surface area contributed by atoms with Gasteiger partial charge in [-0.15, -0.1) is 10.2 Å². The fourth-order valence-electron chi connectivity index (χ4n) is 2.20. The molecule has 0 aliphatic carbocycles. The summed E-state index contributed by atoms with van der Waals surface area (Å²) in [4.78, 5) is 14.7. The van der Waals surface area contributed by atoms with Crippen molar-refractivity contribution in [3.8, 4) is 40.3 Å². The summed E-state index contributed by atoms with van der Waals surface area (Å²) in [5.41, 5.74) is 0.353. The van der Waals surface area contributed by atoms with Crippen LogP contribution in [0.2, 0.25) is 0 Å². The molecule has 0 saturated heterocycles. The van der Waals surface area contributed by atoms with Gasteiger partial charge in [0, 0.05) is 12.3 Å². The van der Waals surface area contributed by atoms with Gasteiger partial charge >= 0.3 is 12.1 Å². The molecule has 8 nitrogen and oxygen atoms in total. The Hall–Kier alpha value is -3.63. The molecule has 0 radical (unpaired) electrons. The average molecular weight is 395 g/mol. The zero-order valence-corrected chi connectivity index (χ0v) is 14.5. The second kappa shape index (κ2) is 7.55. The van der Waals surface area contributed by atoms with Crippen molar-refractivity contribution in [2.24, 2.45) is 0 Å². The van der Waals surface area contributed by atoms with E-state index < -0.39 is 18.0 Å². The van der Waals surface area contributed by atoms with Crippen LogP contribution in [0, 0.1) is 0 Å². The van der Waals surface area contributed by atoms with Crippen LogP contribution in [0.5, 0.6) is 17.4 Å². The van der Waals surface area contributed by atoms with Crippen LogP contribution < -0.4 is 14.2 Å². The summed E-state index contributed by atoms with van der Waals surface area (Å²) in [6, 6.07) is 7.59. The van der Waals surface area contributed by atoms with Gasteiger partial charge in [0.05, 0.1) is 19.8 Å². The summed E-state index contributed by atoms with van der Waals surface area (Å²) >= 11 is 0. The number of esters is 1. The van der Waals surface area contributed by atoms with Crippen molar-refractivity contribution in [2.45, 2.75) is 6.18 Å². The molecule has 0 unspecified atom stereocenters. The van der Waals surface area contributed by atoms with Gasteiger partial charge in [0.1, 0.15) is 17.1 Å². The van der Waals surface area contributed by atoms with Crippen molar-refractivity contribution < 1.29 is 36.6 Å². The molecule has 0 saturated carbocycles. The van der Waals surface area contributed by atoms with Crippen LogP contribution in [0.15, 0.2) is 40.9 Å². The highest BCUT2D eigenvalue weighted by Gasteiger charge is 2.42. The minimum Gasteiger partial charge on any atom is -0.497 e. The predicted octanol–water partition coefficient (Wildman–Crippen LogP) is 3.28. The van der Waals surface area contributed by atoms with Crippen molar-refractivity contribution in [2.75, 3.05) is 14.2 Å². The van der Waals surface area contributed by atoms with Crippen LogP contribution in [0.25, 0.3) is 22.9 Å². The Labute approximate surface area is 155 Å². The number of hydrogen-bond donors (Lipinski definition) is 0. The summed E-state index contributed by atoms with van der Waals surface area (Å²) in [6.07, 6.45) is -4.02. The fourth-order valence-corrected chi connectivity index (χ4v) is 2.20. The number of hydrogen-bond acceptors (Lipinski definition) is 8. The highest BCUT2D eigenvalue weighted by molar-refractivity contribution is 5.79. The maximum atomic E-state index is 12.5. The van der Waals surface area contributed by atoms with Crippen molar-refractivity contribution in [1.29, 1.82) is 0 Å². The third kappa shape index (κ3) is 3.87. The zero-order valence-electron chi connectivity index (χ0n) is 14.5.